The highest BCUT2D eigenvalue weighted by molar-refractivity contribution is 14.1. The lowest BCUT2D eigenvalue weighted by atomic mass is 10.0. The first-order chi connectivity index (χ1) is 20.0. The van der Waals surface area contributed by atoms with E-state index in [4.69, 9.17) is 18.3 Å². The monoisotopic (exact) mass is 853 g/mol. The number of allylic oxidation sites excluding steroid dienone is 1. The number of nitrogens with zero attached hydrogens (tertiary/aromatic N) is 1. The molecule has 12 heteroatoms. The maximum Gasteiger partial charge on any atom is 0.410 e. The van der Waals surface area contributed by atoms with Gasteiger partial charge in [-0.1, -0.05) is 76.3 Å². The molecule has 0 bridgehead atoms. The van der Waals surface area contributed by atoms with Crippen molar-refractivity contribution in [1.29, 1.82) is 0 Å². The van der Waals surface area contributed by atoms with E-state index in [9.17, 15) is 9.59 Å². The Labute approximate surface area is 321 Å². The Morgan fingerprint density at radius 1 is 0.702 bits per heavy atom. The number of amides is 1. The van der Waals surface area contributed by atoms with Gasteiger partial charge in [0.05, 0.1) is 19.1 Å². The average Bonchev–Trinajstić information content (AvgIpc) is 2.83. The van der Waals surface area contributed by atoms with Gasteiger partial charge in [-0.25, -0.2) is 4.79 Å². The molecule has 284 valence electrons. The summed E-state index contributed by atoms with van der Waals surface area (Å²) in [6.45, 7) is 42.1. The number of ether oxygens (including phenoxy) is 2. The summed E-state index contributed by atoms with van der Waals surface area (Å²) in [5.74, 6) is -0.0142. The predicted molar refractivity (Wildman–Crippen MR) is 228 cm³/mol. The van der Waals surface area contributed by atoms with E-state index in [0.717, 1.165) is 6.42 Å². The van der Waals surface area contributed by atoms with Gasteiger partial charge < -0.3 is 23.2 Å². The topological polar surface area (TPSA) is 74.3 Å². The fourth-order valence-electron chi connectivity index (χ4n) is 3.14. The van der Waals surface area contributed by atoms with E-state index < -0.39 is 27.8 Å². The SMILES string of the molecule is C=CC[C@@H](CO[Si](C)(C)C(C)(C)C)CC(=O)OC(C)(C)C.C=CC[C@@H](CO[Si](C)(C)C(C)(C)C)N(C)C(=O)OC(C)(C)C.CI.S.S. The Morgan fingerprint density at radius 2 is 1.06 bits per heavy atom. The Morgan fingerprint density at radius 3 is 1.38 bits per heavy atom. The normalized spacial score (nSPS) is 13.4. The number of esters is 1. The molecule has 0 unspecified atom stereocenters. The van der Waals surface area contributed by atoms with E-state index in [1.54, 1.807) is 11.9 Å². The maximum atomic E-state index is 12.2. The van der Waals surface area contributed by atoms with Gasteiger partial charge in [-0.15, -0.1) is 13.2 Å². The van der Waals surface area contributed by atoms with Crippen LogP contribution < -0.4 is 0 Å². The number of carbonyl (C=O) groups is 2. The Kier molecular flexibility index (Phi) is 29.1. The van der Waals surface area contributed by atoms with E-state index in [1.165, 1.54) is 0 Å². The molecule has 0 aliphatic carbocycles. The summed E-state index contributed by atoms with van der Waals surface area (Å²) >= 11 is 2.15. The summed E-state index contributed by atoms with van der Waals surface area (Å²) in [5.41, 5.74) is -0.930. The minimum absolute atomic E-state index is 0. The third-order valence-electron chi connectivity index (χ3n) is 7.97. The number of likely N-dealkylation sites (N-methyl/N-ethyl adjacent to an activating group) is 1. The van der Waals surface area contributed by atoms with E-state index in [2.05, 4.69) is 103 Å². The number of rotatable bonds is 13. The summed E-state index contributed by atoms with van der Waals surface area (Å²) in [5, 5.41) is 0.327. The highest BCUT2D eigenvalue weighted by Crippen LogP contribution is 2.38. The van der Waals surface area contributed by atoms with Crippen LogP contribution in [0.15, 0.2) is 25.3 Å². The van der Waals surface area contributed by atoms with Crippen molar-refractivity contribution in [3.63, 3.8) is 0 Å². The van der Waals surface area contributed by atoms with Crippen LogP contribution in [0.2, 0.25) is 36.3 Å². The molecular formula is C35H76INO6S2Si2. The number of alkyl halides is 1. The smallest absolute Gasteiger partial charge is 0.410 e. The van der Waals surface area contributed by atoms with Crippen molar-refractivity contribution in [2.75, 3.05) is 25.2 Å². The zero-order chi connectivity index (χ0) is 36.7. The molecule has 0 spiro atoms. The second kappa shape index (κ2) is 24.2. The van der Waals surface area contributed by atoms with Gasteiger partial charge in [0.25, 0.3) is 0 Å². The van der Waals surface area contributed by atoms with Crippen molar-refractivity contribution in [1.82, 2.24) is 4.90 Å². The molecule has 0 aliphatic rings. The van der Waals surface area contributed by atoms with Crippen molar-refractivity contribution < 1.29 is 27.9 Å². The lowest BCUT2D eigenvalue weighted by Gasteiger charge is -2.38. The summed E-state index contributed by atoms with van der Waals surface area (Å²) in [4.78, 5) is 27.8. The Bertz CT molecular complexity index is 892. The van der Waals surface area contributed by atoms with Crippen LogP contribution in [0.4, 0.5) is 4.79 Å². The first-order valence-electron chi connectivity index (χ1n) is 16.0. The molecule has 0 heterocycles. The van der Waals surface area contributed by atoms with Crippen LogP contribution in [-0.4, -0.2) is 76.0 Å². The van der Waals surface area contributed by atoms with Gasteiger partial charge in [-0.05, 0) is 101 Å². The van der Waals surface area contributed by atoms with Gasteiger partial charge in [0.15, 0.2) is 16.6 Å². The molecule has 0 aromatic rings. The van der Waals surface area contributed by atoms with E-state index in [1.807, 2.05) is 58.6 Å². The fourth-order valence-corrected chi connectivity index (χ4v) is 5.27. The molecule has 0 saturated heterocycles. The number of halogens is 1. The molecule has 0 saturated carbocycles. The highest BCUT2D eigenvalue weighted by atomic mass is 127. The molecule has 47 heavy (non-hydrogen) atoms. The largest absolute Gasteiger partial charge is 0.460 e. The lowest BCUT2D eigenvalue weighted by Crippen LogP contribution is -2.47. The minimum atomic E-state index is -1.84. The summed E-state index contributed by atoms with van der Waals surface area (Å²) < 4.78 is 23.3. The average molecular weight is 854 g/mol. The fraction of sp³-hybridized carbons (Fsp3) is 0.829. The van der Waals surface area contributed by atoms with Gasteiger partial charge >= 0.3 is 12.1 Å². The van der Waals surface area contributed by atoms with Crippen LogP contribution in [0.3, 0.4) is 0 Å². The third kappa shape index (κ3) is 26.5. The van der Waals surface area contributed by atoms with Crippen LogP contribution in [0.1, 0.15) is 102 Å². The molecule has 0 fully saturated rings. The van der Waals surface area contributed by atoms with Crippen LogP contribution in [0.5, 0.6) is 0 Å². The van der Waals surface area contributed by atoms with Crippen molar-refractivity contribution in [2.45, 2.75) is 156 Å². The highest BCUT2D eigenvalue weighted by Gasteiger charge is 2.39. The molecule has 0 radical (unpaired) electrons. The Balaban J connectivity index is -0.000000228. The van der Waals surface area contributed by atoms with Crippen LogP contribution in [0.25, 0.3) is 0 Å². The van der Waals surface area contributed by atoms with Gasteiger partial charge in [0, 0.05) is 13.7 Å². The van der Waals surface area contributed by atoms with Gasteiger partial charge in [0.2, 0.25) is 0 Å². The van der Waals surface area contributed by atoms with E-state index >= 15 is 0 Å². The zero-order valence-corrected chi connectivity index (χ0v) is 39.7. The molecular weight excluding hydrogens is 778 g/mol. The number of hydrogen-bond acceptors (Lipinski definition) is 6. The first-order valence-corrected chi connectivity index (χ1v) is 24.0. The van der Waals surface area contributed by atoms with Crippen LogP contribution in [0, 0.1) is 5.92 Å². The van der Waals surface area contributed by atoms with Crippen LogP contribution in [-0.2, 0) is 23.1 Å². The van der Waals surface area contributed by atoms with Crippen molar-refractivity contribution >= 4 is 78.3 Å². The van der Waals surface area contributed by atoms with Gasteiger partial charge in [-0.3, -0.25) is 4.79 Å². The lowest BCUT2D eigenvalue weighted by molar-refractivity contribution is -0.156. The number of carbonyl (C=O) groups excluding carboxylic acids is 2. The molecule has 0 aliphatic heterocycles. The van der Waals surface area contributed by atoms with E-state index in [-0.39, 0.29) is 61.1 Å². The number of hydrogen-bond donors (Lipinski definition) is 0. The summed E-state index contributed by atoms with van der Waals surface area (Å²) in [6.07, 6.45) is 5.19. The molecule has 0 N–H and O–H groups in total. The zero-order valence-electron chi connectivity index (χ0n) is 33.5. The third-order valence-corrected chi connectivity index (χ3v) is 17.0. The molecule has 0 aromatic heterocycles. The molecule has 7 nitrogen and oxygen atoms in total. The Hall–Kier alpha value is 0.00377. The standard InChI is InChI=1S/C17H35NO3Si.C17H34O3Si.CH3I.2H2S/c1-11-12-14(13-20-22(9,10)17(5,6)7)18(8)15(19)21-16(2,3)4;1-10-11-14(12-15(18)20-16(2,3)4)13-19-21(8,9)17(5,6)7;1-2;;/h11,14H,1,12-13H2,2-10H3;10,14H,1,11-13H2,2-9H3;1H3;2*1H2/t2*14-;;;/m01.../s1. The maximum absolute atomic E-state index is 12.2. The molecule has 0 rings (SSSR count). The minimum Gasteiger partial charge on any atom is -0.460 e. The summed E-state index contributed by atoms with van der Waals surface area (Å²) in [6, 6.07) is -0.0542. The van der Waals surface area contributed by atoms with Gasteiger partial charge in [0.1, 0.15) is 11.2 Å². The molecule has 0 aromatic carbocycles. The second-order valence-electron chi connectivity index (χ2n) is 16.6. The summed E-state index contributed by atoms with van der Waals surface area (Å²) in [7, 11) is -1.86. The van der Waals surface area contributed by atoms with Crippen LogP contribution >= 0.6 is 49.6 Å². The first kappa shape index (κ1) is 56.4. The van der Waals surface area contributed by atoms with Crippen molar-refractivity contribution in [3.05, 3.63) is 25.3 Å². The van der Waals surface area contributed by atoms with Gasteiger partial charge in [-0.2, -0.15) is 27.0 Å². The second-order valence-corrected chi connectivity index (χ2v) is 26.2. The predicted octanol–water partition coefficient (Wildman–Crippen LogP) is 11.0. The quantitative estimate of drug-likeness (QED) is 0.0604. The van der Waals surface area contributed by atoms with Crippen molar-refractivity contribution in [3.8, 4) is 0 Å². The van der Waals surface area contributed by atoms with E-state index in [0.29, 0.717) is 26.1 Å². The molecule has 1 amide bonds. The van der Waals surface area contributed by atoms with Crippen molar-refractivity contribution in [2.24, 2.45) is 5.92 Å². The molecule has 2 atom stereocenters.